The molecule has 1 aliphatic heterocycles. The second-order valence-corrected chi connectivity index (χ2v) is 14.6. The minimum Gasteiger partial charge on any atom is -0.257 e. The predicted octanol–water partition coefficient (Wildman–Crippen LogP) is 7.93. The second-order valence-electron chi connectivity index (χ2n) is 6.39. The highest BCUT2D eigenvalue weighted by Gasteiger charge is 2.52. The van der Waals surface area contributed by atoms with Crippen molar-refractivity contribution in [3.8, 4) is 0 Å². The molecule has 1 aliphatic rings. The van der Waals surface area contributed by atoms with Crippen molar-refractivity contribution in [2.45, 2.75) is 26.5 Å². The van der Waals surface area contributed by atoms with Gasteiger partial charge in [-0.15, -0.1) is 0 Å². The lowest BCUT2D eigenvalue weighted by molar-refractivity contribution is 0.586. The molecule has 3 nitrogen and oxygen atoms in total. The zero-order valence-electron chi connectivity index (χ0n) is 15.0. The molecule has 3 rings (SSSR count). The summed E-state index contributed by atoms with van der Waals surface area (Å²) in [4.78, 5) is 0.0654. The van der Waals surface area contributed by atoms with E-state index in [9.17, 15) is 12.6 Å². The van der Waals surface area contributed by atoms with E-state index in [1.807, 2.05) is 0 Å². The highest BCUT2D eigenvalue weighted by molar-refractivity contribution is 8.27. The van der Waals surface area contributed by atoms with Gasteiger partial charge in [-0.1, -0.05) is 93.0 Å². The predicted molar refractivity (Wildman–Crippen MR) is 130 cm³/mol. The summed E-state index contributed by atoms with van der Waals surface area (Å²) in [6.45, 7) is 1.79. The van der Waals surface area contributed by atoms with Crippen molar-refractivity contribution < 1.29 is 12.6 Å². The normalized spacial score (nSPS) is 22.1. The van der Waals surface area contributed by atoms with Crippen molar-refractivity contribution in [3.05, 3.63) is 66.1 Å². The Hall–Kier alpha value is 0.370. The summed E-state index contributed by atoms with van der Waals surface area (Å²) in [7, 11) is -6.00. The molecule has 162 valence electrons. The fraction of sp³-hybridized carbons (Fsp3) is 0.222. The first kappa shape index (κ1) is 25.0. The molecule has 0 bridgehead atoms. The van der Waals surface area contributed by atoms with Gasteiger partial charge in [-0.3, -0.25) is 4.21 Å². The van der Waals surface area contributed by atoms with Crippen molar-refractivity contribution in [2.75, 3.05) is 5.75 Å². The lowest BCUT2D eigenvalue weighted by atomic mass is 10.3. The van der Waals surface area contributed by atoms with Crippen molar-refractivity contribution in [1.82, 2.24) is 0 Å². The number of benzene rings is 2. The van der Waals surface area contributed by atoms with E-state index in [4.69, 9.17) is 69.6 Å². The van der Waals surface area contributed by atoms with E-state index in [0.717, 1.165) is 17.3 Å². The van der Waals surface area contributed by atoms with Gasteiger partial charge in [-0.05, 0) is 31.2 Å². The van der Waals surface area contributed by atoms with Gasteiger partial charge in [0.1, 0.15) is 0 Å². The molecule has 1 heterocycles. The van der Waals surface area contributed by atoms with Gasteiger partial charge in [0.25, 0.3) is 0 Å². The van der Waals surface area contributed by atoms with Gasteiger partial charge < -0.3 is 0 Å². The van der Waals surface area contributed by atoms with Gasteiger partial charge in [0.05, 0.1) is 45.7 Å². The fourth-order valence-corrected chi connectivity index (χ4v) is 10.6. The molecule has 0 spiro atoms. The third-order valence-corrected chi connectivity index (χ3v) is 14.6. The summed E-state index contributed by atoms with van der Waals surface area (Å²) >= 11 is 37.7. The van der Waals surface area contributed by atoms with Gasteiger partial charge in [0.15, 0.2) is 0 Å². The lowest BCUT2D eigenvalue weighted by Crippen LogP contribution is -2.42. The van der Waals surface area contributed by atoms with Gasteiger partial charge in [0.2, 0.25) is 13.2 Å². The largest absolute Gasteiger partial charge is 0.257 e. The highest BCUT2D eigenvalue weighted by atomic mass is 35.5. The summed E-state index contributed by atoms with van der Waals surface area (Å²) in [6.07, 6.45) is 1.70. The van der Waals surface area contributed by atoms with Crippen LogP contribution in [0, 0.1) is 0 Å². The molecule has 2 unspecified atom stereocenters. The number of thioether (sulfide) groups is 1. The van der Waals surface area contributed by atoms with Gasteiger partial charge in [-0.25, -0.2) is 8.42 Å². The van der Waals surface area contributed by atoms with E-state index in [0.29, 0.717) is 5.02 Å². The van der Waals surface area contributed by atoms with E-state index >= 15 is 0 Å². The van der Waals surface area contributed by atoms with Gasteiger partial charge in [0, 0.05) is 17.2 Å². The van der Waals surface area contributed by atoms with Gasteiger partial charge >= 0.3 is 0 Å². The van der Waals surface area contributed by atoms with Gasteiger partial charge in [-0.2, -0.15) is 0 Å². The Kier molecular flexibility index (Phi) is 7.76. The highest BCUT2D eigenvalue weighted by Crippen LogP contribution is 2.55. The molecule has 2 atom stereocenters. The number of hydrogen-bond acceptors (Lipinski definition) is 4. The number of allylic oxidation sites excluding steroid dienone is 1. The first-order valence-corrected chi connectivity index (χ1v) is 14.1. The van der Waals surface area contributed by atoms with E-state index < -0.39 is 24.0 Å². The van der Waals surface area contributed by atoms with Crippen molar-refractivity contribution in [2.24, 2.45) is 0 Å². The third kappa shape index (κ3) is 4.29. The van der Waals surface area contributed by atoms with Crippen LogP contribution in [0.15, 0.2) is 45.7 Å². The molecule has 2 aromatic carbocycles. The van der Waals surface area contributed by atoms with Crippen LogP contribution in [0.2, 0.25) is 30.1 Å². The molecule has 0 amide bonds. The van der Waals surface area contributed by atoms with Crippen LogP contribution in [0.4, 0.5) is 0 Å². The monoisotopic (exact) mass is 582 g/mol. The quantitative estimate of drug-likeness (QED) is 0.208. The zero-order chi connectivity index (χ0) is 22.4. The summed E-state index contributed by atoms with van der Waals surface area (Å²) in [5.74, 6) is 0.0735. The fourth-order valence-electron chi connectivity index (χ4n) is 2.77. The maximum absolute atomic E-state index is 13.7. The molecule has 0 N–H and O–H groups in total. The molecule has 0 saturated heterocycles. The van der Waals surface area contributed by atoms with Crippen LogP contribution in [0.5, 0.6) is 0 Å². The van der Waals surface area contributed by atoms with E-state index in [1.54, 1.807) is 13.0 Å². The summed E-state index contributed by atoms with van der Waals surface area (Å²) in [6, 6.07) is 5.64. The molecular formula is C18H12Cl6O3S3. The first-order valence-electron chi connectivity index (χ1n) is 8.17. The van der Waals surface area contributed by atoms with Crippen LogP contribution in [0.3, 0.4) is 0 Å². The Morgan fingerprint density at radius 2 is 1.40 bits per heavy atom. The van der Waals surface area contributed by atoms with Crippen LogP contribution in [-0.4, -0.2) is 21.8 Å². The molecule has 30 heavy (non-hydrogen) atoms. The Bertz CT molecular complexity index is 1150. The Morgan fingerprint density at radius 1 is 0.900 bits per heavy atom. The Labute approximate surface area is 211 Å². The molecule has 0 saturated carbocycles. The average molecular weight is 585 g/mol. The Morgan fingerprint density at radius 3 is 1.90 bits per heavy atom. The van der Waals surface area contributed by atoms with E-state index in [2.05, 4.69) is 0 Å². The first-order chi connectivity index (χ1) is 13.9. The van der Waals surface area contributed by atoms with Crippen molar-refractivity contribution in [1.29, 1.82) is 0 Å². The molecule has 0 radical (unpaired) electrons. The molecule has 0 fully saturated rings. The number of hydrogen-bond donors (Lipinski definition) is 0. The van der Waals surface area contributed by atoms with Crippen molar-refractivity contribution >= 4 is 102 Å². The molecule has 0 aliphatic carbocycles. The van der Waals surface area contributed by atoms with E-state index in [1.165, 1.54) is 24.3 Å². The average Bonchev–Trinajstić information content (AvgIpc) is 2.70. The summed E-state index contributed by atoms with van der Waals surface area (Å²) in [5, 5.41) is 0.0709. The topological polar surface area (TPSA) is 51.2 Å². The maximum atomic E-state index is 13.7. The number of halogens is 6. The van der Waals surface area contributed by atoms with Crippen molar-refractivity contribution in [3.63, 3.8) is 0 Å². The minimum atomic E-state index is -4.16. The number of rotatable bonds is 4. The van der Waals surface area contributed by atoms with E-state index in [-0.39, 0.29) is 47.1 Å². The smallest absolute Gasteiger partial charge is 0.206 e. The van der Waals surface area contributed by atoms with Crippen LogP contribution in [0.25, 0.3) is 0 Å². The zero-order valence-corrected chi connectivity index (χ0v) is 22.0. The van der Waals surface area contributed by atoms with Crippen LogP contribution in [0.1, 0.15) is 13.3 Å². The lowest BCUT2D eigenvalue weighted by Gasteiger charge is -2.34. The number of sulfone groups is 1. The summed E-state index contributed by atoms with van der Waals surface area (Å²) in [5.41, 5.74) is 0.820. The van der Waals surface area contributed by atoms with Crippen LogP contribution >= 0.6 is 81.4 Å². The Balaban J connectivity index is 2.27. The third-order valence-electron chi connectivity index (χ3n) is 4.37. The molecule has 12 heteroatoms. The standard InChI is InChI=1S/C18H12Cl6O3S3/c1-9-6-7-18(29(25)8-9,30(26,27)11-4-2-10(19)3-5-11)28-17-15(23)13(21)12(20)14(22)16(17)24/h2-6H,7-8H2,1H3. The maximum Gasteiger partial charge on any atom is 0.206 e. The van der Waals surface area contributed by atoms with Crippen LogP contribution < -0.4 is 0 Å². The summed E-state index contributed by atoms with van der Waals surface area (Å²) < 4.78 is 39.0. The molecule has 2 aromatic rings. The van der Waals surface area contributed by atoms with Crippen LogP contribution in [-0.2, 0) is 20.6 Å². The minimum absolute atomic E-state index is 0.0286. The second kappa shape index (κ2) is 9.32. The molecular weight excluding hydrogens is 573 g/mol. The molecule has 0 aromatic heterocycles. The SMILES string of the molecule is CC1=CCC(Sc2c(Cl)c(Cl)c(Cl)c(Cl)c2Cl)(S(=O)(=O)c2ccc(Cl)cc2)S(=O)C1.